The maximum atomic E-state index is 12.7. The van der Waals surface area contributed by atoms with E-state index < -0.39 is 0 Å². The molecule has 1 aromatic carbocycles. The van der Waals surface area contributed by atoms with Crippen LogP contribution in [0.3, 0.4) is 0 Å². The molecule has 2 aromatic rings. The van der Waals surface area contributed by atoms with Gasteiger partial charge in [-0.3, -0.25) is 4.79 Å². The first-order valence-electron chi connectivity index (χ1n) is 9.41. The number of pyridine rings is 1. The summed E-state index contributed by atoms with van der Waals surface area (Å²) in [7, 11) is 0. The SMILES string of the molecule is O=C(Nc1ncccc1OCC1CCCCC1)C1COc2ccccc21. The highest BCUT2D eigenvalue weighted by molar-refractivity contribution is 5.97. The van der Waals surface area contributed by atoms with Gasteiger partial charge in [0.25, 0.3) is 0 Å². The Morgan fingerprint density at radius 1 is 1.15 bits per heavy atom. The van der Waals surface area contributed by atoms with Crippen molar-refractivity contribution in [1.82, 2.24) is 4.98 Å². The van der Waals surface area contributed by atoms with Crippen molar-refractivity contribution in [1.29, 1.82) is 0 Å². The van der Waals surface area contributed by atoms with Gasteiger partial charge in [-0.1, -0.05) is 37.5 Å². The van der Waals surface area contributed by atoms with Gasteiger partial charge in [-0.15, -0.1) is 0 Å². The lowest BCUT2D eigenvalue weighted by Crippen LogP contribution is -2.23. The van der Waals surface area contributed by atoms with E-state index in [-0.39, 0.29) is 11.8 Å². The Labute approximate surface area is 153 Å². The summed E-state index contributed by atoms with van der Waals surface area (Å²) in [6.07, 6.45) is 8.01. The molecule has 1 saturated carbocycles. The Kier molecular flexibility index (Phi) is 5.04. The molecule has 1 aliphatic heterocycles. The van der Waals surface area contributed by atoms with Crippen molar-refractivity contribution >= 4 is 11.7 Å². The molecule has 5 heteroatoms. The summed E-state index contributed by atoms with van der Waals surface area (Å²) in [6.45, 7) is 1.04. The van der Waals surface area contributed by atoms with Crippen molar-refractivity contribution in [2.75, 3.05) is 18.5 Å². The monoisotopic (exact) mass is 352 g/mol. The number of anilines is 1. The Bertz CT molecular complexity index is 771. The van der Waals surface area contributed by atoms with Gasteiger partial charge in [-0.05, 0) is 37.0 Å². The zero-order chi connectivity index (χ0) is 17.8. The maximum absolute atomic E-state index is 12.7. The van der Waals surface area contributed by atoms with E-state index >= 15 is 0 Å². The van der Waals surface area contributed by atoms with Crippen molar-refractivity contribution < 1.29 is 14.3 Å². The molecule has 1 aliphatic carbocycles. The first-order chi connectivity index (χ1) is 12.8. The molecule has 2 aliphatic rings. The summed E-state index contributed by atoms with van der Waals surface area (Å²) in [5, 5.41) is 2.93. The van der Waals surface area contributed by atoms with Crippen molar-refractivity contribution in [2.24, 2.45) is 5.92 Å². The standard InChI is InChI=1S/C21H24N2O3/c24-21(17-14-26-18-10-5-4-9-16(17)18)23-20-19(11-6-12-22-20)25-13-15-7-2-1-3-8-15/h4-6,9-12,15,17H,1-3,7-8,13-14H2,(H,22,23,24). The van der Waals surface area contributed by atoms with Crippen LogP contribution in [0.25, 0.3) is 0 Å². The van der Waals surface area contributed by atoms with Crippen LogP contribution in [0.4, 0.5) is 5.82 Å². The number of benzene rings is 1. The summed E-state index contributed by atoms with van der Waals surface area (Å²) < 4.78 is 11.6. The molecule has 136 valence electrons. The number of hydrogen-bond acceptors (Lipinski definition) is 4. The average molecular weight is 352 g/mol. The molecule has 1 amide bonds. The van der Waals surface area contributed by atoms with Crippen molar-refractivity contribution in [3.05, 3.63) is 48.2 Å². The number of nitrogens with one attached hydrogen (secondary N) is 1. The molecule has 0 spiro atoms. The minimum absolute atomic E-state index is 0.115. The van der Waals surface area contributed by atoms with Crippen LogP contribution in [0.15, 0.2) is 42.6 Å². The molecule has 0 saturated heterocycles. The highest BCUT2D eigenvalue weighted by Crippen LogP contribution is 2.35. The van der Waals surface area contributed by atoms with E-state index in [1.54, 1.807) is 6.20 Å². The van der Waals surface area contributed by atoms with Gasteiger partial charge in [-0.2, -0.15) is 0 Å². The van der Waals surface area contributed by atoms with Crippen molar-refractivity contribution in [2.45, 2.75) is 38.0 Å². The Morgan fingerprint density at radius 3 is 2.88 bits per heavy atom. The number of nitrogens with zero attached hydrogens (tertiary/aromatic N) is 1. The van der Waals surface area contributed by atoms with E-state index in [0.717, 1.165) is 11.3 Å². The van der Waals surface area contributed by atoms with E-state index in [1.807, 2.05) is 36.4 Å². The summed E-state index contributed by atoms with van der Waals surface area (Å²) >= 11 is 0. The second-order valence-corrected chi connectivity index (χ2v) is 7.06. The second-order valence-electron chi connectivity index (χ2n) is 7.06. The zero-order valence-corrected chi connectivity index (χ0v) is 14.8. The smallest absolute Gasteiger partial charge is 0.236 e. The molecule has 1 unspecified atom stereocenters. The number of hydrogen-bond donors (Lipinski definition) is 1. The van der Waals surface area contributed by atoms with Crippen LogP contribution in [0.2, 0.25) is 0 Å². The van der Waals surface area contributed by atoms with Crippen LogP contribution in [0.1, 0.15) is 43.6 Å². The van der Waals surface area contributed by atoms with E-state index in [0.29, 0.717) is 30.7 Å². The number of rotatable bonds is 5. The molecule has 2 heterocycles. The number of carbonyl (C=O) groups excluding carboxylic acids is 1. The third kappa shape index (κ3) is 3.66. The maximum Gasteiger partial charge on any atom is 0.236 e. The highest BCUT2D eigenvalue weighted by Gasteiger charge is 2.30. The van der Waals surface area contributed by atoms with Gasteiger partial charge in [-0.25, -0.2) is 4.98 Å². The van der Waals surface area contributed by atoms with Crippen LogP contribution in [-0.2, 0) is 4.79 Å². The molecular weight excluding hydrogens is 328 g/mol. The van der Waals surface area contributed by atoms with Crippen LogP contribution in [0, 0.1) is 5.92 Å². The van der Waals surface area contributed by atoms with Gasteiger partial charge in [0.05, 0.1) is 6.61 Å². The third-order valence-corrected chi connectivity index (χ3v) is 5.23. The van der Waals surface area contributed by atoms with Gasteiger partial charge in [0, 0.05) is 11.8 Å². The van der Waals surface area contributed by atoms with Gasteiger partial charge < -0.3 is 14.8 Å². The van der Waals surface area contributed by atoms with Gasteiger partial charge in [0.2, 0.25) is 5.91 Å². The lowest BCUT2D eigenvalue weighted by atomic mass is 9.90. The van der Waals surface area contributed by atoms with Crippen LogP contribution < -0.4 is 14.8 Å². The van der Waals surface area contributed by atoms with Gasteiger partial charge in [0.15, 0.2) is 11.6 Å². The number of aromatic nitrogens is 1. The molecule has 1 atom stereocenters. The first-order valence-corrected chi connectivity index (χ1v) is 9.41. The molecule has 1 N–H and O–H groups in total. The van der Waals surface area contributed by atoms with Gasteiger partial charge in [0.1, 0.15) is 18.3 Å². The quantitative estimate of drug-likeness (QED) is 0.878. The normalized spacial score (nSPS) is 19.5. The molecule has 5 nitrogen and oxygen atoms in total. The molecule has 0 radical (unpaired) electrons. The van der Waals surface area contributed by atoms with Crippen LogP contribution >= 0.6 is 0 Å². The topological polar surface area (TPSA) is 60.5 Å². The fourth-order valence-corrected chi connectivity index (χ4v) is 3.75. The number of para-hydroxylation sites is 1. The Hall–Kier alpha value is -2.56. The van der Waals surface area contributed by atoms with E-state index in [9.17, 15) is 4.79 Å². The highest BCUT2D eigenvalue weighted by atomic mass is 16.5. The predicted molar refractivity (Wildman–Crippen MR) is 99.6 cm³/mol. The average Bonchev–Trinajstić information content (AvgIpc) is 3.12. The largest absolute Gasteiger partial charge is 0.492 e. The fourth-order valence-electron chi connectivity index (χ4n) is 3.75. The lowest BCUT2D eigenvalue weighted by Gasteiger charge is -2.22. The van der Waals surface area contributed by atoms with E-state index in [4.69, 9.17) is 9.47 Å². The predicted octanol–water partition coefficient (Wildman–Crippen LogP) is 4.16. The first kappa shape index (κ1) is 16.9. The molecule has 26 heavy (non-hydrogen) atoms. The summed E-state index contributed by atoms with van der Waals surface area (Å²) in [5.74, 6) is 2.07. The molecule has 1 aromatic heterocycles. The summed E-state index contributed by atoms with van der Waals surface area (Å²) in [6, 6.07) is 11.4. The Balaban J connectivity index is 1.42. The minimum Gasteiger partial charge on any atom is -0.492 e. The van der Waals surface area contributed by atoms with Crippen LogP contribution in [0.5, 0.6) is 11.5 Å². The molecule has 4 rings (SSSR count). The number of ether oxygens (including phenoxy) is 2. The summed E-state index contributed by atoms with van der Waals surface area (Å²) in [5.41, 5.74) is 0.922. The van der Waals surface area contributed by atoms with Crippen molar-refractivity contribution in [3.8, 4) is 11.5 Å². The van der Waals surface area contributed by atoms with Crippen LogP contribution in [-0.4, -0.2) is 24.1 Å². The van der Waals surface area contributed by atoms with E-state index in [1.165, 1.54) is 32.1 Å². The number of amides is 1. The minimum atomic E-state index is -0.320. The van der Waals surface area contributed by atoms with Crippen molar-refractivity contribution in [3.63, 3.8) is 0 Å². The molecule has 1 fully saturated rings. The number of fused-ring (bicyclic) bond motifs is 1. The number of carbonyl (C=O) groups is 1. The fraction of sp³-hybridized carbons (Fsp3) is 0.429. The summed E-state index contributed by atoms with van der Waals surface area (Å²) in [4.78, 5) is 17.1. The lowest BCUT2D eigenvalue weighted by molar-refractivity contribution is -0.117. The zero-order valence-electron chi connectivity index (χ0n) is 14.8. The molecule has 0 bridgehead atoms. The second kappa shape index (κ2) is 7.77. The van der Waals surface area contributed by atoms with Gasteiger partial charge >= 0.3 is 0 Å². The Morgan fingerprint density at radius 2 is 2.00 bits per heavy atom. The molecular formula is C21H24N2O3. The van der Waals surface area contributed by atoms with E-state index in [2.05, 4.69) is 10.3 Å². The third-order valence-electron chi connectivity index (χ3n) is 5.23.